The average molecular weight is 397 g/mol. The first-order chi connectivity index (χ1) is 7.43. The molecule has 5 heteroatoms. The zero-order valence-electron chi connectivity index (χ0n) is 8.54. The Balaban J connectivity index is 3.22. The summed E-state index contributed by atoms with van der Waals surface area (Å²) in [6, 6.07) is 5.43. The second-order valence-electron chi connectivity index (χ2n) is 3.35. The van der Waals surface area contributed by atoms with Crippen LogP contribution in [0, 0.1) is 3.57 Å². The first kappa shape index (κ1) is 13.6. The van der Waals surface area contributed by atoms with E-state index in [2.05, 4.69) is 38.5 Å². The Morgan fingerprint density at radius 2 is 2.12 bits per heavy atom. The third-order valence-electron chi connectivity index (χ3n) is 2.11. The Kier molecular flexibility index (Phi) is 4.91. The van der Waals surface area contributed by atoms with Gasteiger partial charge < -0.3 is 5.11 Å². The molecule has 0 amide bonds. The predicted molar refractivity (Wildman–Crippen MR) is 72.8 cm³/mol. The lowest BCUT2D eigenvalue weighted by Gasteiger charge is -2.13. The van der Waals surface area contributed by atoms with Gasteiger partial charge in [0.1, 0.15) is 5.78 Å². The van der Waals surface area contributed by atoms with Crippen molar-refractivity contribution in [2.24, 2.45) is 0 Å². The van der Waals surface area contributed by atoms with Crippen molar-refractivity contribution in [3.63, 3.8) is 0 Å². The first-order valence-electron chi connectivity index (χ1n) is 4.57. The third-order valence-corrected chi connectivity index (χ3v) is 4.26. The van der Waals surface area contributed by atoms with Crippen LogP contribution >= 0.6 is 38.5 Å². The molecule has 1 unspecified atom stereocenters. The van der Waals surface area contributed by atoms with Gasteiger partial charge in [0.05, 0.1) is 11.2 Å². The highest BCUT2D eigenvalue weighted by Gasteiger charge is 2.19. The van der Waals surface area contributed by atoms with Gasteiger partial charge in [-0.05, 0) is 46.7 Å². The average Bonchev–Trinajstić information content (AvgIpc) is 2.19. The normalized spacial score (nSPS) is 12.2. The summed E-state index contributed by atoms with van der Waals surface area (Å²) in [7, 11) is 0. The lowest BCUT2D eigenvalue weighted by Crippen LogP contribution is -2.10. The monoisotopic (exact) mass is 396 g/mol. The molecular formula is C11H10BrIO3. The van der Waals surface area contributed by atoms with E-state index in [4.69, 9.17) is 5.11 Å². The molecule has 0 saturated heterocycles. The highest BCUT2D eigenvalue weighted by atomic mass is 127. The van der Waals surface area contributed by atoms with Crippen molar-refractivity contribution in [2.45, 2.75) is 18.2 Å². The Hall–Kier alpha value is -0.430. The maximum atomic E-state index is 11.3. The molecule has 0 radical (unpaired) electrons. The van der Waals surface area contributed by atoms with E-state index in [9.17, 15) is 9.59 Å². The van der Waals surface area contributed by atoms with Crippen molar-refractivity contribution in [2.75, 3.05) is 0 Å². The molecule has 0 aromatic heterocycles. The smallest absolute Gasteiger partial charge is 0.307 e. The number of rotatable bonds is 4. The highest BCUT2D eigenvalue weighted by Crippen LogP contribution is 2.29. The predicted octanol–water partition coefficient (Wildman–Crippen LogP) is 2.94. The van der Waals surface area contributed by atoms with Crippen LogP contribution in [0.3, 0.4) is 0 Å². The number of Topliss-reactive ketones (excluding diaryl/α,β-unsaturated/α-hetero) is 1. The highest BCUT2D eigenvalue weighted by molar-refractivity contribution is 14.1. The number of aliphatic carboxylic acids is 1. The van der Waals surface area contributed by atoms with Crippen LogP contribution in [0.25, 0.3) is 0 Å². The van der Waals surface area contributed by atoms with Gasteiger partial charge >= 0.3 is 5.97 Å². The molecule has 16 heavy (non-hydrogen) atoms. The third kappa shape index (κ3) is 3.28. The van der Waals surface area contributed by atoms with Gasteiger partial charge in [-0.15, -0.1) is 0 Å². The van der Waals surface area contributed by atoms with Crippen LogP contribution in [0.2, 0.25) is 0 Å². The molecule has 86 valence electrons. The van der Waals surface area contributed by atoms with Gasteiger partial charge in [0.25, 0.3) is 0 Å². The summed E-state index contributed by atoms with van der Waals surface area (Å²) in [4.78, 5) is 21.6. The first-order valence-corrected chi connectivity index (χ1v) is 6.56. The van der Waals surface area contributed by atoms with E-state index in [1.807, 2.05) is 12.1 Å². The zero-order chi connectivity index (χ0) is 12.3. The van der Waals surface area contributed by atoms with Crippen LogP contribution in [0.4, 0.5) is 0 Å². The molecule has 0 aliphatic carbocycles. The number of carbonyl (C=O) groups excluding carboxylic acids is 1. The van der Waals surface area contributed by atoms with E-state index in [-0.39, 0.29) is 12.2 Å². The zero-order valence-corrected chi connectivity index (χ0v) is 12.3. The quantitative estimate of drug-likeness (QED) is 0.628. The lowest BCUT2D eigenvalue weighted by molar-refractivity contribution is -0.136. The number of alkyl halides is 1. The number of ketones is 1. The van der Waals surface area contributed by atoms with Crippen molar-refractivity contribution in [3.05, 3.63) is 32.9 Å². The van der Waals surface area contributed by atoms with Gasteiger partial charge in [-0.25, -0.2) is 0 Å². The molecule has 1 aromatic rings. The summed E-state index contributed by atoms with van der Waals surface area (Å²) in [5.41, 5.74) is 1.44. The van der Waals surface area contributed by atoms with E-state index < -0.39 is 10.8 Å². The van der Waals surface area contributed by atoms with Crippen molar-refractivity contribution >= 4 is 50.3 Å². The lowest BCUT2D eigenvalue weighted by atomic mass is 10.0. The summed E-state index contributed by atoms with van der Waals surface area (Å²) < 4.78 is 0.864. The van der Waals surface area contributed by atoms with E-state index in [1.54, 1.807) is 6.07 Å². The Morgan fingerprint density at radius 1 is 1.50 bits per heavy atom. The van der Waals surface area contributed by atoms with Crippen LogP contribution in [-0.2, 0) is 16.0 Å². The van der Waals surface area contributed by atoms with E-state index in [0.29, 0.717) is 5.56 Å². The second-order valence-corrected chi connectivity index (χ2v) is 5.43. The molecule has 0 aliphatic heterocycles. The maximum absolute atomic E-state index is 11.3. The van der Waals surface area contributed by atoms with E-state index in [0.717, 1.165) is 9.13 Å². The molecule has 1 rings (SSSR count). The van der Waals surface area contributed by atoms with Crippen LogP contribution in [-0.4, -0.2) is 16.9 Å². The maximum Gasteiger partial charge on any atom is 0.307 e. The van der Waals surface area contributed by atoms with Gasteiger partial charge in [0.15, 0.2) is 0 Å². The number of benzene rings is 1. The van der Waals surface area contributed by atoms with Crippen molar-refractivity contribution in [1.29, 1.82) is 0 Å². The van der Waals surface area contributed by atoms with Crippen LogP contribution in [0.15, 0.2) is 18.2 Å². The molecular weight excluding hydrogens is 387 g/mol. The number of carboxylic acid groups (broad SMARTS) is 1. The Labute approximate surface area is 116 Å². The van der Waals surface area contributed by atoms with Crippen molar-refractivity contribution in [1.82, 2.24) is 0 Å². The number of carboxylic acids is 1. The standard InChI is InChI=1S/C11H10BrIO3/c1-6(14)11(12)7-3-2-4-9(13)8(7)5-10(15)16/h2-4,11H,5H2,1H3,(H,15,16). The van der Waals surface area contributed by atoms with Gasteiger partial charge in [-0.2, -0.15) is 0 Å². The molecule has 1 aromatic carbocycles. The van der Waals surface area contributed by atoms with Crippen molar-refractivity contribution in [3.8, 4) is 0 Å². The Bertz CT molecular complexity index is 431. The number of hydrogen-bond donors (Lipinski definition) is 1. The molecule has 0 spiro atoms. The van der Waals surface area contributed by atoms with Crippen LogP contribution < -0.4 is 0 Å². The van der Waals surface area contributed by atoms with Gasteiger partial charge in [0.2, 0.25) is 0 Å². The molecule has 0 fully saturated rings. The molecule has 0 aliphatic rings. The molecule has 0 bridgehead atoms. The number of halogens is 2. The summed E-state index contributed by atoms with van der Waals surface area (Å²) in [5, 5.41) is 8.83. The summed E-state index contributed by atoms with van der Waals surface area (Å²) >= 11 is 5.36. The van der Waals surface area contributed by atoms with Gasteiger partial charge in [0, 0.05) is 3.57 Å². The fourth-order valence-corrected chi connectivity index (χ4v) is 2.51. The topological polar surface area (TPSA) is 54.4 Å². The van der Waals surface area contributed by atoms with E-state index >= 15 is 0 Å². The second kappa shape index (κ2) is 5.77. The number of hydrogen-bond acceptors (Lipinski definition) is 2. The minimum Gasteiger partial charge on any atom is -0.481 e. The van der Waals surface area contributed by atoms with Gasteiger partial charge in [-0.1, -0.05) is 28.1 Å². The minimum absolute atomic E-state index is 0.0337. The summed E-state index contributed by atoms with van der Waals surface area (Å²) in [5.74, 6) is -0.928. The number of carbonyl (C=O) groups is 2. The summed E-state index contributed by atoms with van der Waals surface area (Å²) in [6.45, 7) is 1.48. The van der Waals surface area contributed by atoms with Gasteiger partial charge in [-0.3, -0.25) is 9.59 Å². The summed E-state index contributed by atoms with van der Waals surface area (Å²) in [6.07, 6.45) is -0.0656. The largest absolute Gasteiger partial charge is 0.481 e. The van der Waals surface area contributed by atoms with Crippen LogP contribution in [0.5, 0.6) is 0 Å². The minimum atomic E-state index is -0.895. The van der Waals surface area contributed by atoms with E-state index in [1.165, 1.54) is 6.92 Å². The SMILES string of the molecule is CC(=O)C(Br)c1cccc(I)c1CC(=O)O. The molecule has 0 saturated carbocycles. The fourth-order valence-electron chi connectivity index (χ4n) is 1.37. The molecule has 3 nitrogen and oxygen atoms in total. The molecule has 1 N–H and O–H groups in total. The van der Waals surface area contributed by atoms with Crippen LogP contribution in [0.1, 0.15) is 22.9 Å². The Morgan fingerprint density at radius 3 is 2.62 bits per heavy atom. The fraction of sp³-hybridized carbons (Fsp3) is 0.273. The van der Waals surface area contributed by atoms with Crippen molar-refractivity contribution < 1.29 is 14.7 Å². The molecule has 1 atom stereocenters. The molecule has 0 heterocycles.